The van der Waals surface area contributed by atoms with Gasteiger partial charge in [0.2, 0.25) is 11.8 Å². The van der Waals surface area contributed by atoms with Gasteiger partial charge in [-0.05, 0) is 49.1 Å². The summed E-state index contributed by atoms with van der Waals surface area (Å²) in [7, 11) is 0. The van der Waals surface area contributed by atoms with Crippen molar-refractivity contribution in [3.63, 3.8) is 0 Å². The summed E-state index contributed by atoms with van der Waals surface area (Å²) in [4.78, 5) is 49.6. The molecule has 0 spiro atoms. The average Bonchev–Trinajstić information content (AvgIpc) is 3.56. The third-order valence-electron chi connectivity index (χ3n) is 8.43. The smallest absolute Gasteiger partial charge is 0.471 e. The molecule has 10 nitrogen and oxygen atoms in total. The van der Waals surface area contributed by atoms with Crippen molar-refractivity contribution in [2.45, 2.75) is 96.9 Å². The third kappa shape index (κ3) is 7.13. The summed E-state index contributed by atoms with van der Waals surface area (Å²) in [6.45, 7) is 7.27. The van der Waals surface area contributed by atoms with Crippen LogP contribution >= 0.6 is 0 Å². The van der Waals surface area contributed by atoms with E-state index < -0.39 is 53.6 Å². The van der Waals surface area contributed by atoms with Crippen LogP contribution in [0.3, 0.4) is 0 Å². The molecule has 5 rings (SSSR count). The maximum absolute atomic E-state index is 13.9. The number of hydrogen-bond acceptors (Lipinski definition) is 8. The lowest BCUT2D eigenvalue weighted by molar-refractivity contribution is -0.274. The van der Waals surface area contributed by atoms with Crippen molar-refractivity contribution in [2.75, 3.05) is 6.54 Å². The number of aryl methyl sites for hydroxylation is 1. The number of ether oxygens (including phenoxy) is 3. The van der Waals surface area contributed by atoms with Gasteiger partial charge in [0.05, 0.1) is 23.6 Å². The molecule has 1 saturated carbocycles. The highest BCUT2D eigenvalue weighted by Crippen LogP contribution is 2.39. The number of rotatable bonds is 2. The molecule has 234 valence electrons. The van der Waals surface area contributed by atoms with Crippen LogP contribution in [0.4, 0.5) is 18.0 Å². The number of nitrogens with zero attached hydrogens (tertiary/aromatic N) is 3. The van der Waals surface area contributed by atoms with Crippen molar-refractivity contribution in [1.82, 2.24) is 20.2 Å². The van der Waals surface area contributed by atoms with Gasteiger partial charge < -0.3 is 29.2 Å². The first-order valence-corrected chi connectivity index (χ1v) is 14.7. The highest BCUT2D eigenvalue weighted by atomic mass is 19.4. The number of carbonyl (C=O) groups excluding carboxylic acids is 3. The van der Waals surface area contributed by atoms with Gasteiger partial charge in [-0.15, -0.1) is 13.2 Å². The number of nitrogens with one attached hydrogen (secondary N) is 1. The summed E-state index contributed by atoms with van der Waals surface area (Å²) < 4.78 is 54.6. The molecular formula is C30H37F3N4O6. The van der Waals surface area contributed by atoms with Crippen LogP contribution in [0, 0.1) is 17.3 Å². The number of carbonyl (C=O) groups is 3. The molecule has 2 fully saturated rings. The lowest BCUT2D eigenvalue weighted by Crippen LogP contribution is -2.56. The van der Waals surface area contributed by atoms with E-state index in [1.165, 1.54) is 17.0 Å². The molecule has 2 aliphatic heterocycles. The molecule has 0 unspecified atom stereocenters. The second kappa shape index (κ2) is 11.8. The molecular weight excluding hydrogens is 569 g/mol. The number of alkyl carbamates (subject to hydrolysis) is 1. The normalized spacial score (nSPS) is 28.9. The minimum Gasteiger partial charge on any atom is -0.471 e. The van der Waals surface area contributed by atoms with Gasteiger partial charge in [-0.2, -0.15) is 0 Å². The lowest BCUT2D eigenvalue weighted by Gasteiger charge is -2.34. The van der Waals surface area contributed by atoms with Crippen LogP contribution in [0.25, 0.3) is 11.0 Å². The van der Waals surface area contributed by atoms with E-state index >= 15 is 0 Å². The molecule has 6 atom stereocenters. The molecule has 2 aromatic rings. The quantitative estimate of drug-likeness (QED) is 0.476. The van der Waals surface area contributed by atoms with E-state index in [1.54, 1.807) is 6.92 Å². The van der Waals surface area contributed by atoms with E-state index in [0.717, 1.165) is 38.2 Å². The second-order valence-electron chi connectivity index (χ2n) is 12.8. The van der Waals surface area contributed by atoms with Gasteiger partial charge in [0, 0.05) is 12.0 Å². The van der Waals surface area contributed by atoms with E-state index in [-0.39, 0.29) is 30.0 Å². The second-order valence-corrected chi connectivity index (χ2v) is 12.8. The molecule has 3 aliphatic rings. The Hall–Kier alpha value is -3.64. The van der Waals surface area contributed by atoms with Crippen LogP contribution in [0.1, 0.15) is 65.5 Å². The van der Waals surface area contributed by atoms with Gasteiger partial charge in [0.15, 0.2) is 0 Å². The van der Waals surface area contributed by atoms with E-state index in [0.29, 0.717) is 23.9 Å². The highest BCUT2D eigenvalue weighted by molar-refractivity contribution is 5.89. The number of aldehydes is 1. The maximum atomic E-state index is 13.9. The van der Waals surface area contributed by atoms with Gasteiger partial charge in [0.1, 0.15) is 36.0 Å². The molecule has 43 heavy (non-hydrogen) atoms. The molecule has 2 amide bonds. The molecule has 1 aromatic heterocycles. The summed E-state index contributed by atoms with van der Waals surface area (Å²) in [5, 5.41) is 2.74. The largest absolute Gasteiger partial charge is 0.573 e. The predicted molar refractivity (Wildman–Crippen MR) is 148 cm³/mol. The topological polar surface area (TPSA) is 120 Å². The van der Waals surface area contributed by atoms with E-state index in [9.17, 15) is 27.6 Å². The fourth-order valence-corrected chi connectivity index (χ4v) is 5.86. The Bertz CT molecular complexity index is 1380. The number of amides is 2. The molecule has 0 radical (unpaired) electrons. The van der Waals surface area contributed by atoms with Gasteiger partial charge in [0.25, 0.3) is 0 Å². The van der Waals surface area contributed by atoms with Gasteiger partial charge >= 0.3 is 12.5 Å². The fraction of sp³-hybridized carbons (Fsp3) is 0.633. The highest BCUT2D eigenvalue weighted by Gasteiger charge is 2.48. The molecule has 1 aromatic carbocycles. The Labute approximate surface area is 247 Å². The Morgan fingerprint density at radius 3 is 2.51 bits per heavy atom. The fourth-order valence-electron chi connectivity index (χ4n) is 5.86. The molecule has 1 saturated heterocycles. The number of aromatic nitrogens is 2. The molecule has 1 aliphatic carbocycles. The monoisotopic (exact) mass is 606 g/mol. The van der Waals surface area contributed by atoms with Crippen LogP contribution < -0.4 is 14.8 Å². The summed E-state index contributed by atoms with van der Waals surface area (Å²) in [6.07, 6.45) is -0.950. The molecule has 13 heteroatoms. The zero-order valence-electron chi connectivity index (χ0n) is 24.6. The van der Waals surface area contributed by atoms with Gasteiger partial charge in [-0.25, -0.2) is 14.8 Å². The summed E-state index contributed by atoms with van der Waals surface area (Å²) >= 11 is 0. The van der Waals surface area contributed by atoms with Crippen molar-refractivity contribution in [2.24, 2.45) is 17.3 Å². The third-order valence-corrected chi connectivity index (χ3v) is 8.43. The number of alkyl halides is 3. The van der Waals surface area contributed by atoms with E-state index in [1.807, 2.05) is 20.8 Å². The zero-order chi connectivity index (χ0) is 31.1. The Morgan fingerprint density at radius 1 is 1.05 bits per heavy atom. The van der Waals surface area contributed by atoms with Crippen molar-refractivity contribution in [3.8, 4) is 11.6 Å². The van der Waals surface area contributed by atoms with E-state index in [4.69, 9.17) is 9.47 Å². The standard InChI is InChI=1S/C30H37F3N4O6/c1-16-22(15-38)37-14-24(16)41-26-20(34-19-11-10-18(13-21(19)35-26)43-30(31,32)33)9-7-5-6-8-17-12-23(17)42-28(40)36-25(27(37)39)29(2,3)4/h10-11,13,15-17,22-25H,5-9,12,14H2,1-4H3,(H,36,40)/t16-,17+,22+,23+,24-,25+/m0/s1. The van der Waals surface area contributed by atoms with Gasteiger partial charge in [-0.1, -0.05) is 40.5 Å². The average molecular weight is 607 g/mol. The first-order valence-electron chi connectivity index (χ1n) is 14.7. The van der Waals surface area contributed by atoms with Crippen LogP contribution in [0.2, 0.25) is 0 Å². The van der Waals surface area contributed by atoms with Crippen molar-refractivity contribution < 1.29 is 41.8 Å². The van der Waals surface area contributed by atoms with Crippen molar-refractivity contribution >= 4 is 29.3 Å². The summed E-state index contributed by atoms with van der Waals surface area (Å²) in [5.41, 5.74) is 0.402. The number of benzene rings is 1. The Kier molecular flexibility index (Phi) is 8.45. The SMILES string of the molecule is C[C@@H]1[C@@H]2CN(C(=O)[C@H](C(C)(C)C)NC(=O)O[C@@H]3C[C@H]3CCCCCc3nc4ccc(OC(F)(F)F)cc4nc3O2)[C@@H]1C=O. The van der Waals surface area contributed by atoms with Crippen molar-refractivity contribution in [1.29, 1.82) is 0 Å². The first-order chi connectivity index (χ1) is 20.2. The first kappa shape index (κ1) is 30.8. The number of fused-ring (bicyclic) bond motifs is 5. The molecule has 1 N–H and O–H groups in total. The number of halogens is 3. The summed E-state index contributed by atoms with van der Waals surface area (Å²) in [6, 6.07) is 1.96. The van der Waals surface area contributed by atoms with Crippen LogP contribution in [0.15, 0.2) is 18.2 Å². The lowest BCUT2D eigenvalue weighted by atomic mass is 9.85. The predicted octanol–water partition coefficient (Wildman–Crippen LogP) is 4.97. The Morgan fingerprint density at radius 2 is 1.81 bits per heavy atom. The minimum atomic E-state index is -4.86. The van der Waals surface area contributed by atoms with Gasteiger partial charge in [-0.3, -0.25) is 4.79 Å². The van der Waals surface area contributed by atoms with Crippen LogP contribution in [-0.2, 0) is 20.7 Å². The molecule has 3 heterocycles. The maximum Gasteiger partial charge on any atom is 0.573 e. The van der Waals surface area contributed by atoms with E-state index in [2.05, 4.69) is 20.0 Å². The van der Waals surface area contributed by atoms with Crippen LogP contribution in [-0.4, -0.2) is 70.4 Å². The number of hydrogen-bond donors (Lipinski definition) is 1. The summed E-state index contributed by atoms with van der Waals surface area (Å²) in [5.74, 6) is -0.912. The zero-order valence-corrected chi connectivity index (χ0v) is 24.6. The Balaban J connectivity index is 1.49. The minimum absolute atomic E-state index is 0.0355. The van der Waals surface area contributed by atoms with Crippen molar-refractivity contribution in [3.05, 3.63) is 23.9 Å². The molecule has 2 bridgehead atoms. The van der Waals surface area contributed by atoms with Crippen LogP contribution in [0.5, 0.6) is 11.6 Å².